The minimum atomic E-state index is -0.296. The highest BCUT2D eigenvalue weighted by Gasteiger charge is 2.46. The lowest BCUT2D eigenvalue weighted by Crippen LogP contribution is -2.17. The van der Waals surface area contributed by atoms with Gasteiger partial charge in [0.05, 0.1) is 6.61 Å². The van der Waals surface area contributed by atoms with Crippen molar-refractivity contribution in [1.82, 2.24) is 0 Å². The van der Waals surface area contributed by atoms with Crippen molar-refractivity contribution in [3.63, 3.8) is 0 Å². The number of epoxide rings is 1. The van der Waals surface area contributed by atoms with Gasteiger partial charge < -0.3 is 9.47 Å². The van der Waals surface area contributed by atoms with E-state index in [1.165, 1.54) is 0 Å². The van der Waals surface area contributed by atoms with Crippen molar-refractivity contribution in [2.24, 2.45) is 5.41 Å². The maximum absolute atomic E-state index is 12.0. The molecule has 0 bridgehead atoms. The van der Waals surface area contributed by atoms with Crippen LogP contribution in [0.3, 0.4) is 0 Å². The van der Waals surface area contributed by atoms with Crippen LogP contribution >= 0.6 is 0 Å². The lowest BCUT2D eigenvalue weighted by atomic mass is 9.96. The van der Waals surface area contributed by atoms with Crippen molar-refractivity contribution in [2.45, 2.75) is 18.9 Å². The molecule has 3 nitrogen and oxygen atoms in total. The molecule has 3 rings (SSSR count). The van der Waals surface area contributed by atoms with Crippen LogP contribution in [0.4, 0.5) is 0 Å². The summed E-state index contributed by atoms with van der Waals surface area (Å²) in [7, 11) is 0. The molecular formula is C17H18O3. The van der Waals surface area contributed by atoms with Gasteiger partial charge in [-0.1, -0.05) is 49.1 Å². The Morgan fingerprint density at radius 2 is 2.10 bits per heavy atom. The van der Waals surface area contributed by atoms with Crippen molar-refractivity contribution in [1.29, 1.82) is 0 Å². The third-order valence-electron chi connectivity index (χ3n) is 3.83. The second kappa shape index (κ2) is 5.25. The van der Waals surface area contributed by atoms with E-state index < -0.39 is 0 Å². The van der Waals surface area contributed by atoms with Crippen molar-refractivity contribution in [3.8, 4) is 0 Å². The molecular weight excluding hydrogens is 252 g/mol. The van der Waals surface area contributed by atoms with Crippen molar-refractivity contribution in [3.05, 3.63) is 54.1 Å². The number of carbonyl (C=O) groups is 1. The zero-order valence-electron chi connectivity index (χ0n) is 11.4. The van der Waals surface area contributed by atoms with Crippen LogP contribution in [0.25, 0.3) is 6.08 Å². The topological polar surface area (TPSA) is 38.8 Å². The number of rotatable bonds is 6. The third-order valence-corrected chi connectivity index (χ3v) is 3.83. The van der Waals surface area contributed by atoms with Gasteiger partial charge in [0, 0.05) is 11.0 Å². The van der Waals surface area contributed by atoms with E-state index >= 15 is 0 Å². The van der Waals surface area contributed by atoms with Gasteiger partial charge in [-0.2, -0.15) is 0 Å². The fourth-order valence-corrected chi connectivity index (χ4v) is 2.15. The van der Waals surface area contributed by atoms with Crippen molar-refractivity contribution < 1.29 is 14.3 Å². The number of hydrogen-bond donors (Lipinski definition) is 0. The zero-order chi connectivity index (χ0) is 14.0. The Morgan fingerprint density at radius 3 is 2.70 bits per heavy atom. The fourth-order valence-electron chi connectivity index (χ4n) is 2.15. The number of ether oxygens (including phenoxy) is 2. The first-order valence-corrected chi connectivity index (χ1v) is 6.92. The lowest BCUT2D eigenvalue weighted by molar-refractivity contribution is -0.140. The van der Waals surface area contributed by atoms with E-state index in [4.69, 9.17) is 9.47 Å². The molecule has 0 radical (unpaired) electrons. The molecule has 1 atom stereocenters. The first-order valence-electron chi connectivity index (χ1n) is 6.92. The summed E-state index contributed by atoms with van der Waals surface area (Å²) in [6.07, 6.45) is 6.16. The standard InChI is InChI=1S/C17H18O3/c1-13(16(18)20-12-15-11-19-15)17(9-10-17)8-7-14-5-3-2-4-6-14/h2-8,15H,1,9-12H2. The monoisotopic (exact) mass is 270 g/mol. The van der Waals surface area contributed by atoms with Crippen LogP contribution in [0, 0.1) is 5.41 Å². The Balaban J connectivity index is 1.61. The van der Waals surface area contributed by atoms with E-state index in [-0.39, 0.29) is 17.5 Å². The Kier molecular flexibility index (Phi) is 3.45. The number of benzene rings is 1. The molecule has 1 aliphatic carbocycles. The summed E-state index contributed by atoms with van der Waals surface area (Å²) in [5.41, 5.74) is 1.49. The molecule has 1 heterocycles. The fraction of sp³-hybridized carbons (Fsp3) is 0.353. The molecule has 104 valence electrons. The minimum absolute atomic E-state index is 0.0989. The predicted octanol–water partition coefficient (Wildman–Crippen LogP) is 2.98. The van der Waals surface area contributed by atoms with Crippen LogP contribution in [0.1, 0.15) is 18.4 Å². The van der Waals surface area contributed by atoms with Crippen LogP contribution in [0.15, 0.2) is 48.6 Å². The summed E-state index contributed by atoms with van der Waals surface area (Å²) >= 11 is 0. The molecule has 0 spiro atoms. The molecule has 0 amide bonds. The zero-order valence-corrected chi connectivity index (χ0v) is 11.4. The molecule has 2 fully saturated rings. The molecule has 1 saturated carbocycles. The quantitative estimate of drug-likeness (QED) is 0.453. The van der Waals surface area contributed by atoms with Gasteiger partial charge in [0.1, 0.15) is 12.7 Å². The first-order chi connectivity index (χ1) is 9.70. The SMILES string of the molecule is C=C(C(=O)OCC1CO1)C1(C=Cc2ccccc2)CC1. The van der Waals surface area contributed by atoms with Gasteiger partial charge >= 0.3 is 5.97 Å². The predicted molar refractivity (Wildman–Crippen MR) is 77.0 cm³/mol. The van der Waals surface area contributed by atoms with Gasteiger partial charge in [0.25, 0.3) is 0 Å². The Labute approximate surface area is 118 Å². The highest BCUT2D eigenvalue weighted by atomic mass is 16.6. The summed E-state index contributed by atoms with van der Waals surface area (Å²) in [5, 5.41) is 0. The van der Waals surface area contributed by atoms with E-state index in [2.05, 4.69) is 18.7 Å². The van der Waals surface area contributed by atoms with Gasteiger partial charge in [-0.15, -0.1) is 0 Å². The van der Waals surface area contributed by atoms with E-state index in [9.17, 15) is 4.79 Å². The van der Waals surface area contributed by atoms with Gasteiger partial charge in [-0.25, -0.2) is 4.79 Å². The van der Waals surface area contributed by atoms with E-state index in [1.54, 1.807) is 0 Å². The van der Waals surface area contributed by atoms with Crippen molar-refractivity contribution >= 4 is 12.0 Å². The third kappa shape index (κ3) is 2.99. The first kappa shape index (κ1) is 13.1. The Hall–Kier alpha value is -1.87. The number of allylic oxidation sites excluding steroid dienone is 1. The van der Waals surface area contributed by atoms with Gasteiger partial charge in [0.2, 0.25) is 0 Å². The molecule has 1 aromatic rings. The second-order valence-electron chi connectivity index (χ2n) is 5.43. The molecule has 1 saturated heterocycles. The number of carbonyl (C=O) groups excluding carboxylic acids is 1. The largest absolute Gasteiger partial charge is 0.459 e. The highest BCUT2D eigenvalue weighted by molar-refractivity contribution is 5.91. The summed E-state index contributed by atoms with van der Waals surface area (Å²) in [6.45, 7) is 4.97. The lowest BCUT2D eigenvalue weighted by Gasteiger charge is -2.13. The average Bonchev–Trinajstić information content (AvgIpc) is 3.38. The summed E-state index contributed by atoms with van der Waals surface area (Å²) in [5.74, 6) is -0.296. The van der Waals surface area contributed by atoms with E-state index in [0.29, 0.717) is 18.8 Å². The van der Waals surface area contributed by atoms with Crippen LogP contribution in [0.2, 0.25) is 0 Å². The van der Waals surface area contributed by atoms with Crippen molar-refractivity contribution in [2.75, 3.05) is 13.2 Å². The Morgan fingerprint density at radius 1 is 1.40 bits per heavy atom. The average molecular weight is 270 g/mol. The van der Waals surface area contributed by atoms with Crippen LogP contribution in [-0.2, 0) is 14.3 Å². The van der Waals surface area contributed by atoms with Crippen LogP contribution in [0.5, 0.6) is 0 Å². The molecule has 20 heavy (non-hydrogen) atoms. The molecule has 0 N–H and O–H groups in total. The molecule has 3 heteroatoms. The van der Waals surface area contributed by atoms with Crippen LogP contribution < -0.4 is 0 Å². The normalized spacial score (nSPS) is 22.5. The summed E-state index contributed by atoms with van der Waals surface area (Å²) in [6, 6.07) is 10.1. The smallest absolute Gasteiger partial charge is 0.334 e. The maximum atomic E-state index is 12.0. The maximum Gasteiger partial charge on any atom is 0.334 e. The Bertz CT molecular complexity index is 537. The second-order valence-corrected chi connectivity index (χ2v) is 5.43. The molecule has 2 aliphatic rings. The molecule has 1 aliphatic heterocycles. The number of hydrogen-bond acceptors (Lipinski definition) is 3. The van der Waals surface area contributed by atoms with Crippen LogP contribution in [-0.4, -0.2) is 25.3 Å². The van der Waals surface area contributed by atoms with Gasteiger partial charge in [-0.3, -0.25) is 0 Å². The van der Waals surface area contributed by atoms with Gasteiger partial charge in [-0.05, 0) is 18.4 Å². The minimum Gasteiger partial charge on any atom is -0.459 e. The molecule has 0 aromatic heterocycles. The number of esters is 1. The van der Waals surface area contributed by atoms with E-state index in [1.807, 2.05) is 30.3 Å². The summed E-state index contributed by atoms with van der Waals surface area (Å²) < 4.78 is 10.2. The highest BCUT2D eigenvalue weighted by Crippen LogP contribution is 2.53. The van der Waals surface area contributed by atoms with Gasteiger partial charge in [0.15, 0.2) is 0 Å². The molecule has 1 unspecified atom stereocenters. The van der Waals surface area contributed by atoms with E-state index in [0.717, 1.165) is 18.4 Å². The molecule has 1 aromatic carbocycles. The summed E-state index contributed by atoms with van der Waals surface area (Å²) in [4.78, 5) is 12.0.